The van der Waals surface area contributed by atoms with E-state index in [1.165, 1.54) is 36.4 Å². The second-order valence-electron chi connectivity index (χ2n) is 6.80. The zero-order valence-corrected chi connectivity index (χ0v) is 19.3. The minimum atomic E-state index is -6.48. The topological polar surface area (TPSA) is 118 Å². The van der Waals surface area contributed by atoms with Crippen LogP contribution < -0.4 is 4.90 Å². The number of hydrogen-bond donors (Lipinski definition) is 1. The average molecular weight is 615 g/mol. The number of anilines is 1. The minimum Gasteiger partial charge on any atom is -0.435 e. The minimum absolute atomic E-state index is 0.115. The molecule has 0 fully saturated rings. The first-order valence-electron chi connectivity index (χ1n) is 8.41. The first-order chi connectivity index (χ1) is 14.7. The summed E-state index contributed by atoms with van der Waals surface area (Å²) in [7, 11) is -5.93. The van der Waals surface area contributed by atoms with E-state index in [2.05, 4.69) is 4.74 Å². The maximum absolute atomic E-state index is 13.3. The lowest BCUT2D eigenvalue weighted by atomic mass is 10.1. The number of imide groups is 1. The lowest BCUT2D eigenvalue weighted by Crippen LogP contribution is -2.63. The van der Waals surface area contributed by atoms with Crippen molar-refractivity contribution in [2.45, 2.75) is 31.8 Å². The maximum atomic E-state index is 13.3. The number of rotatable bonds is 5. The van der Waals surface area contributed by atoms with Gasteiger partial charge in [0.25, 0.3) is 21.9 Å². The van der Waals surface area contributed by atoms with Crippen LogP contribution in [0.2, 0.25) is 0 Å². The third-order valence-electron chi connectivity index (χ3n) is 4.61. The van der Waals surface area contributed by atoms with Gasteiger partial charge >= 0.3 is 23.9 Å². The molecular weight excluding hydrogens is 603 g/mol. The summed E-state index contributed by atoms with van der Waals surface area (Å²) in [6.45, 7) is 2.74. The molecule has 0 saturated carbocycles. The summed E-state index contributed by atoms with van der Waals surface area (Å²) in [5, 5.41) is 0. The second-order valence-corrected chi connectivity index (χ2v) is 9.41. The number of nitrogens with zero attached hydrogens (tertiary/aromatic N) is 1. The smallest absolute Gasteiger partial charge is 0.435 e. The van der Waals surface area contributed by atoms with Gasteiger partial charge in [-0.25, -0.2) is 9.69 Å². The molecule has 0 spiro atoms. The van der Waals surface area contributed by atoms with Crippen LogP contribution in [0, 0.1) is 3.57 Å². The van der Waals surface area contributed by atoms with E-state index in [1.807, 2.05) is 0 Å². The molecule has 0 radical (unpaired) electrons. The quantitative estimate of drug-likeness (QED) is 0.178. The van der Waals surface area contributed by atoms with Crippen molar-refractivity contribution in [1.82, 2.24) is 0 Å². The van der Waals surface area contributed by atoms with Crippen molar-refractivity contribution in [2.24, 2.45) is 0 Å². The Kier molecular flexibility index (Phi) is 6.99. The zero-order chi connectivity index (χ0) is 25.7. The monoisotopic (exact) mass is 615 g/mol. The van der Waals surface area contributed by atoms with Crippen LogP contribution in [-0.4, -0.2) is 54.5 Å². The SMILES string of the molecule is CC1=C(C)C(=O)N(c2ccc(C(=O)OC(CS(=O)(=O)O)(C(F)(F)F)C(F)(F)F)c(I)c2)C1=O. The number of halogens is 7. The Morgan fingerprint density at radius 3 is 1.85 bits per heavy atom. The molecule has 8 nitrogen and oxygen atoms in total. The van der Waals surface area contributed by atoms with Crippen LogP contribution in [0.25, 0.3) is 0 Å². The summed E-state index contributed by atoms with van der Waals surface area (Å²) in [6.07, 6.45) is -13.0. The van der Waals surface area contributed by atoms with Gasteiger partial charge in [0.05, 0.1) is 11.3 Å². The molecule has 182 valence electrons. The summed E-state index contributed by atoms with van der Waals surface area (Å²) in [4.78, 5) is 37.4. The summed E-state index contributed by atoms with van der Waals surface area (Å²) in [6, 6.07) is 2.57. The summed E-state index contributed by atoms with van der Waals surface area (Å²) in [5.74, 6) is -6.67. The van der Waals surface area contributed by atoms with E-state index in [4.69, 9.17) is 4.55 Å². The van der Waals surface area contributed by atoms with Gasteiger partial charge in [0.2, 0.25) is 0 Å². The second kappa shape index (κ2) is 8.53. The van der Waals surface area contributed by atoms with Crippen LogP contribution in [-0.2, 0) is 24.4 Å². The Balaban J connectivity index is 2.50. The molecule has 1 aliphatic heterocycles. The lowest BCUT2D eigenvalue weighted by Gasteiger charge is -2.35. The first kappa shape index (κ1) is 27.0. The standard InChI is InChI=1S/C17H12F6INO7S/c1-7-8(2)13(27)25(12(7)26)9-3-4-10(11(24)5-9)14(28)32-15(16(18,19)20,17(21,22)23)6-33(29,30)31/h3-5H,6H2,1-2H3,(H,29,30,31). The molecule has 0 unspecified atom stereocenters. The van der Waals surface area contributed by atoms with Gasteiger partial charge in [0.15, 0.2) is 0 Å². The van der Waals surface area contributed by atoms with Crippen molar-refractivity contribution in [3.05, 3.63) is 38.5 Å². The molecule has 1 aliphatic rings. The fraction of sp³-hybridized carbons (Fsp3) is 0.353. The number of amides is 2. The van der Waals surface area contributed by atoms with Crippen LogP contribution in [0.15, 0.2) is 29.3 Å². The van der Waals surface area contributed by atoms with Crippen LogP contribution in [0.5, 0.6) is 0 Å². The van der Waals surface area contributed by atoms with Gasteiger partial charge in [-0.15, -0.1) is 0 Å². The first-order valence-corrected chi connectivity index (χ1v) is 11.1. The van der Waals surface area contributed by atoms with Gasteiger partial charge in [-0.05, 0) is 54.6 Å². The van der Waals surface area contributed by atoms with Gasteiger partial charge in [-0.1, -0.05) is 0 Å². The molecule has 0 saturated heterocycles. The Bertz CT molecular complexity index is 1140. The fourth-order valence-electron chi connectivity index (χ4n) is 2.73. The predicted octanol–water partition coefficient (Wildman–Crippen LogP) is 3.41. The van der Waals surface area contributed by atoms with E-state index in [-0.39, 0.29) is 20.4 Å². The molecule has 33 heavy (non-hydrogen) atoms. The van der Waals surface area contributed by atoms with E-state index < -0.39 is 57.2 Å². The highest BCUT2D eigenvalue weighted by molar-refractivity contribution is 14.1. The zero-order valence-electron chi connectivity index (χ0n) is 16.3. The van der Waals surface area contributed by atoms with Crippen molar-refractivity contribution in [3.8, 4) is 0 Å². The Labute approximate surface area is 195 Å². The highest BCUT2D eigenvalue weighted by Gasteiger charge is 2.76. The molecule has 16 heteroatoms. The van der Waals surface area contributed by atoms with E-state index in [9.17, 15) is 49.1 Å². The summed E-state index contributed by atoms with van der Waals surface area (Å²) >= 11 is 1.34. The molecule has 2 rings (SSSR count). The molecule has 0 bridgehead atoms. The number of esters is 1. The predicted molar refractivity (Wildman–Crippen MR) is 107 cm³/mol. The number of benzene rings is 1. The number of ether oxygens (including phenoxy) is 1. The molecule has 1 aromatic carbocycles. The fourth-order valence-corrected chi connectivity index (χ4v) is 4.35. The average Bonchev–Trinajstić information content (AvgIpc) is 2.81. The molecule has 1 N–H and O–H groups in total. The third-order valence-corrected chi connectivity index (χ3v) is 6.27. The molecule has 0 aromatic heterocycles. The van der Waals surface area contributed by atoms with Gasteiger partial charge in [-0.2, -0.15) is 34.8 Å². The maximum Gasteiger partial charge on any atom is 0.438 e. The Hall–Kier alpha value is -2.21. The van der Waals surface area contributed by atoms with Crippen molar-refractivity contribution in [2.75, 3.05) is 10.7 Å². The van der Waals surface area contributed by atoms with Gasteiger partial charge < -0.3 is 4.74 Å². The van der Waals surface area contributed by atoms with Gasteiger partial charge in [-0.3, -0.25) is 14.1 Å². The lowest BCUT2D eigenvalue weighted by molar-refractivity contribution is -0.356. The van der Waals surface area contributed by atoms with Crippen molar-refractivity contribution >= 4 is 56.2 Å². The molecule has 0 aliphatic carbocycles. The number of carbonyl (C=O) groups is 3. The van der Waals surface area contributed by atoms with Crippen LogP contribution in [0.4, 0.5) is 32.0 Å². The molecule has 1 aromatic rings. The van der Waals surface area contributed by atoms with E-state index >= 15 is 0 Å². The molecule has 2 amide bonds. The normalized spacial score (nSPS) is 16.0. The molecule has 0 atom stereocenters. The molecular formula is C17H12F6INO7S. The highest BCUT2D eigenvalue weighted by Crippen LogP contribution is 2.47. The van der Waals surface area contributed by atoms with Gasteiger partial charge in [0.1, 0.15) is 5.75 Å². The van der Waals surface area contributed by atoms with E-state index in [1.54, 1.807) is 0 Å². The molecule has 1 heterocycles. The summed E-state index contributed by atoms with van der Waals surface area (Å²) < 4.78 is 114. The number of alkyl halides is 6. The highest BCUT2D eigenvalue weighted by atomic mass is 127. The van der Waals surface area contributed by atoms with Crippen molar-refractivity contribution in [1.29, 1.82) is 0 Å². The largest absolute Gasteiger partial charge is 0.438 e. The van der Waals surface area contributed by atoms with Crippen molar-refractivity contribution in [3.63, 3.8) is 0 Å². The Morgan fingerprint density at radius 2 is 1.48 bits per heavy atom. The van der Waals surface area contributed by atoms with E-state index in [0.717, 1.165) is 12.1 Å². The van der Waals surface area contributed by atoms with E-state index in [0.29, 0.717) is 11.0 Å². The van der Waals surface area contributed by atoms with Gasteiger partial charge in [0, 0.05) is 14.7 Å². The Morgan fingerprint density at radius 1 is 1.03 bits per heavy atom. The summed E-state index contributed by atoms with van der Waals surface area (Å²) in [5.41, 5.74) is -6.32. The number of hydrogen-bond acceptors (Lipinski definition) is 6. The van der Waals surface area contributed by atoms with Crippen LogP contribution in [0.1, 0.15) is 24.2 Å². The van der Waals surface area contributed by atoms with Crippen molar-refractivity contribution < 1.29 is 58.4 Å². The third kappa shape index (κ3) is 5.01. The number of carbonyl (C=O) groups excluding carboxylic acids is 3. The van der Waals surface area contributed by atoms with Crippen LogP contribution >= 0.6 is 22.6 Å². The van der Waals surface area contributed by atoms with Crippen LogP contribution in [0.3, 0.4) is 0 Å².